The highest BCUT2D eigenvalue weighted by Crippen LogP contribution is 2.35. The summed E-state index contributed by atoms with van der Waals surface area (Å²) in [4.78, 5) is 9.52. The van der Waals surface area contributed by atoms with Gasteiger partial charge in [0, 0.05) is 24.0 Å². The van der Waals surface area contributed by atoms with E-state index in [1.807, 2.05) is 11.3 Å². The molecule has 19 heavy (non-hydrogen) atoms. The van der Waals surface area contributed by atoms with Crippen LogP contribution >= 0.6 is 11.3 Å². The molecule has 1 fully saturated rings. The van der Waals surface area contributed by atoms with Gasteiger partial charge < -0.3 is 10.6 Å². The zero-order chi connectivity index (χ0) is 12.8. The van der Waals surface area contributed by atoms with E-state index in [-0.39, 0.29) is 6.04 Å². The third-order valence-corrected chi connectivity index (χ3v) is 5.20. The molecule has 1 saturated heterocycles. The fourth-order valence-electron chi connectivity index (χ4n) is 2.92. The number of aryl methyl sites for hydroxylation is 2. The first-order valence-electron chi connectivity index (χ1n) is 6.84. The zero-order valence-electron chi connectivity index (χ0n) is 10.7. The Bertz CT molecular complexity index is 580. The van der Waals surface area contributed by atoms with Crippen molar-refractivity contribution in [2.75, 3.05) is 18.0 Å². The van der Waals surface area contributed by atoms with Crippen LogP contribution < -0.4 is 10.6 Å². The van der Waals surface area contributed by atoms with Crippen LogP contribution in [0.5, 0.6) is 0 Å². The predicted molar refractivity (Wildman–Crippen MR) is 76.5 cm³/mol. The highest BCUT2D eigenvalue weighted by atomic mass is 32.1. The number of fused-ring (bicyclic) bond motifs is 1. The van der Waals surface area contributed by atoms with E-state index in [9.17, 15) is 0 Å². The molecule has 0 bridgehead atoms. The summed E-state index contributed by atoms with van der Waals surface area (Å²) in [5.41, 5.74) is 7.42. The van der Waals surface area contributed by atoms with E-state index in [2.05, 4.69) is 26.1 Å². The van der Waals surface area contributed by atoms with Crippen molar-refractivity contribution in [3.05, 3.63) is 16.5 Å². The molecule has 0 radical (unpaired) electrons. The Hall–Kier alpha value is -1.40. The molecule has 0 spiro atoms. The van der Waals surface area contributed by atoms with Crippen LogP contribution in [0, 0.1) is 0 Å². The Labute approximate surface area is 115 Å². The van der Waals surface area contributed by atoms with Crippen molar-refractivity contribution in [2.24, 2.45) is 5.73 Å². The van der Waals surface area contributed by atoms with Crippen LogP contribution in [-0.2, 0) is 12.8 Å². The van der Waals surface area contributed by atoms with Gasteiger partial charge in [-0.15, -0.1) is 16.4 Å². The van der Waals surface area contributed by atoms with Crippen LogP contribution in [0.2, 0.25) is 0 Å². The molecule has 1 aliphatic carbocycles. The van der Waals surface area contributed by atoms with Crippen molar-refractivity contribution < 1.29 is 0 Å². The van der Waals surface area contributed by atoms with Crippen LogP contribution in [0.4, 0.5) is 5.95 Å². The number of hydrogen-bond acceptors (Lipinski definition) is 5. The third-order valence-electron chi connectivity index (χ3n) is 3.96. The molecule has 0 saturated carbocycles. The number of rotatable bonds is 2. The number of H-pyrrole nitrogens is 1. The van der Waals surface area contributed by atoms with Crippen LogP contribution in [0.1, 0.15) is 23.3 Å². The summed E-state index contributed by atoms with van der Waals surface area (Å²) < 4.78 is 0. The fourth-order valence-corrected chi connectivity index (χ4v) is 4.11. The molecule has 6 heteroatoms. The normalized spacial score (nSPS) is 22.2. The minimum absolute atomic E-state index is 0.257. The van der Waals surface area contributed by atoms with Gasteiger partial charge in [-0.05, 0) is 37.3 Å². The second-order valence-corrected chi connectivity index (χ2v) is 6.53. The summed E-state index contributed by atoms with van der Waals surface area (Å²) in [6, 6.07) is 2.53. The van der Waals surface area contributed by atoms with Gasteiger partial charge in [0.2, 0.25) is 5.95 Å². The second kappa shape index (κ2) is 4.31. The van der Waals surface area contributed by atoms with Crippen LogP contribution in [0.3, 0.4) is 0 Å². The van der Waals surface area contributed by atoms with Crippen molar-refractivity contribution in [2.45, 2.75) is 31.7 Å². The second-order valence-electron chi connectivity index (χ2n) is 5.39. The molecule has 2 aromatic heterocycles. The fraction of sp³-hybridized carbons (Fsp3) is 0.538. The first-order chi connectivity index (χ1) is 9.29. The van der Waals surface area contributed by atoms with Gasteiger partial charge >= 0.3 is 0 Å². The highest BCUT2D eigenvalue weighted by molar-refractivity contribution is 7.15. The number of nitrogens with one attached hydrogen (secondary N) is 1. The minimum Gasteiger partial charge on any atom is -0.338 e. The maximum atomic E-state index is 5.92. The SMILES string of the molecule is NC1CCN(c2n[nH]c(-c3cc4c(s3)CCC4)n2)C1. The van der Waals surface area contributed by atoms with E-state index in [4.69, 9.17) is 5.73 Å². The van der Waals surface area contributed by atoms with Gasteiger partial charge in [0.1, 0.15) is 0 Å². The van der Waals surface area contributed by atoms with Crippen LogP contribution in [0.25, 0.3) is 10.7 Å². The maximum absolute atomic E-state index is 5.92. The van der Waals surface area contributed by atoms with Gasteiger partial charge in [-0.25, -0.2) is 0 Å². The molecule has 1 unspecified atom stereocenters. The smallest absolute Gasteiger partial charge is 0.245 e. The lowest BCUT2D eigenvalue weighted by Gasteiger charge is -2.11. The number of aromatic amines is 1. The molecule has 3 N–H and O–H groups in total. The number of nitrogens with zero attached hydrogens (tertiary/aromatic N) is 3. The molecule has 3 heterocycles. The molecule has 0 aromatic carbocycles. The van der Waals surface area contributed by atoms with E-state index in [0.29, 0.717) is 0 Å². The highest BCUT2D eigenvalue weighted by Gasteiger charge is 2.23. The number of aromatic nitrogens is 3. The van der Waals surface area contributed by atoms with Crippen LogP contribution in [-0.4, -0.2) is 34.3 Å². The molecule has 2 aliphatic rings. The van der Waals surface area contributed by atoms with Crippen molar-refractivity contribution in [3.8, 4) is 10.7 Å². The standard InChI is InChI=1S/C13H17N5S/c14-9-4-5-18(7-9)13-15-12(16-17-13)11-6-8-2-1-3-10(8)19-11/h6,9H,1-5,7,14H2,(H,15,16,17). The van der Waals surface area contributed by atoms with E-state index in [1.54, 1.807) is 0 Å². The van der Waals surface area contributed by atoms with Crippen molar-refractivity contribution in [1.82, 2.24) is 15.2 Å². The molecular weight excluding hydrogens is 258 g/mol. The number of anilines is 1. The first-order valence-corrected chi connectivity index (χ1v) is 7.66. The van der Waals surface area contributed by atoms with Crippen LogP contribution in [0.15, 0.2) is 6.07 Å². The lowest BCUT2D eigenvalue weighted by Crippen LogP contribution is -2.26. The molecule has 1 aliphatic heterocycles. The molecule has 5 nitrogen and oxygen atoms in total. The summed E-state index contributed by atoms with van der Waals surface area (Å²) in [7, 11) is 0. The number of thiophene rings is 1. The average Bonchev–Trinajstić information content (AvgIpc) is 3.10. The summed E-state index contributed by atoms with van der Waals surface area (Å²) in [5.74, 6) is 1.69. The Morgan fingerprint density at radius 2 is 2.37 bits per heavy atom. The molecule has 4 rings (SSSR count). The summed E-state index contributed by atoms with van der Waals surface area (Å²) in [5, 5.41) is 7.40. The lowest BCUT2D eigenvalue weighted by molar-refractivity contribution is 0.750. The average molecular weight is 275 g/mol. The van der Waals surface area contributed by atoms with E-state index >= 15 is 0 Å². The van der Waals surface area contributed by atoms with Gasteiger partial charge in [0.05, 0.1) is 4.88 Å². The molecule has 100 valence electrons. The van der Waals surface area contributed by atoms with E-state index < -0.39 is 0 Å². The molecule has 1 atom stereocenters. The topological polar surface area (TPSA) is 70.8 Å². The largest absolute Gasteiger partial charge is 0.338 e. The Morgan fingerprint density at radius 1 is 1.42 bits per heavy atom. The van der Waals surface area contributed by atoms with Crippen molar-refractivity contribution in [1.29, 1.82) is 0 Å². The minimum atomic E-state index is 0.257. The van der Waals surface area contributed by atoms with Crippen molar-refractivity contribution >= 4 is 17.3 Å². The van der Waals surface area contributed by atoms with Gasteiger partial charge in [-0.1, -0.05) is 0 Å². The molecule has 0 amide bonds. The number of nitrogens with two attached hydrogens (primary N) is 1. The zero-order valence-corrected chi connectivity index (χ0v) is 11.5. The Balaban J connectivity index is 1.60. The lowest BCUT2D eigenvalue weighted by atomic mass is 10.2. The monoisotopic (exact) mass is 275 g/mol. The Kier molecular flexibility index (Phi) is 2.60. The predicted octanol–water partition coefficient (Wildman–Crippen LogP) is 1.56. The summed E-state index contributed by atoms with van der Waals surface area (Å²) in [6.45, 7) is 1.82. The first kappa shape index (κ1) is 11.4. The van der Waals surface area contributed by atoms with Crippen molar-refractivity contribution in [3.63, 3.8) is 0 Å². The molecular formula is C13H17N5S. The molecule has 2 aromatic rings. The van der Waals surface area contributed by atoms with Gasteiger partial charge in [0.25, 0.3) is 0 Å². The quantitative estimate of drug-likeness (QED) is 0.872. The maximum Gasteiger partial charge on any atom is 0.245 e. The van der Waals surface area contributed by atoms with Gasteiger partial charge in [-0.3, -0.25) is 5.10 Å². The van der Waals surface area contributed by atoms with E-state index in [0.717, 1.165) is 31.3 Å². The summed E-state index contributed by atoms with van der Waals surface area (Å²) in [6.07, 6.45) is 4.77. The summed E-state index contributed by atoms with van der Waals surface area (Å²) >= 11 is 1.85. The van der Waals surface area contributed by atoms with Gasteiger partial charge in [-0.2, -0.15) is 4.98 Å². The van der Waals surface area contributed by atoms with E-state index in [1.165, 1.54) is 34.6 Å². The van der Waals surface area contributed by atoms with Gasteiger partial charge in [0.15, 0.2) is 5.82 Å². The third kappa shape index (κ3) is 1.95. The number of hydrogen-bond donors (Lipinski definition) is 2. The Morgan fingerprint density at radius 3 is 3.16 bits per heavy atom.